The molecule has 0 unspecified atom stereocenters. The molecule has 0 bridgehead atoms. The number of aryl methyl sites for hydroxylation is 1. The van der Waals surface area contributed by atoms with Crippen molar-refractivity contribution in [3.63, 3.8) is 0 Å². The minimum atomic E-state index is -0.237. The van der Waals surface area contributed by atoms with Gasteiger partial charge in [0.1, 0.15) is 17.6 Å². The number of carbonyl (C=O) groups is 1. The van der Waals surface area contributed by atoms with E-state index in [2.05, 4.69) is 22.6 Å². The van der Waals surface area contributed by atoms with Gasteiger partial charge >= 0.3 is 0 Å². The molecule has 0 spiro atoms. The van der Waals surface area contributed by atoms with Crippen LogP contribution in [0.1, 0.15) is 48.1 Å². The Morgan fingerprint density at radius 1 is 1.18 bits per heavy atom. The summed E-state index contributed by atoms with van der Waals surface area (Å²) < 4.78 is 11.0. The quantitative estimate of drug-likeness (QED) is 0.699. The number of rotatable bonds is 6. The highest BCUT2D eigenvalue weighted by atomic mass is 16.3. The molecule has 3 aromatic rings. The predicted octanol–water partition coefficient (Wildman–Crippen LogP) is 4.21. The zero-order valence-electron chi connectivity index (χ0n) is 16.0. The van der Waals surface area contributed by atoms with Crippen LogP contribution in [0.25, 0.3) is 0 Å². The van der Waals surface area contributed by atoms with E-state index in [1.807, 2.05) is 50.2 Å². The Kier molecular flexibility index (Phi) is 5.12. The molecule has 1 aliphatic rings. The van der Waals surface area contributed by atoms with Crippen LogP contribution < -0.4 is 5.32 Å². The van der Waals surface area contributed by atoms with Crippen molar-refractivity contribution in [2.75, 3.05) is 6.54 Å². The molecule has 0 saturated heterocycles. The van der Waals surface area contributed by atoms with Crippen molar-refractivity contribution in [2.45, 2.75) is 32.4 Å². The van der Waals surface area contributed by atoms with Gasteiger partial charge in [-0.2, -0.15) is 5.10 Å². The molecule has 0 radical (unpaired) electrons. The molecule has 1 aromatic carbocycles. The first-order valence-electron chi connectivity index (χ1n) is 9.38. The van der Waals surface area contributed by atoms with Crippen LogP contribution in [0.5, 0.6) is 0 Å². The molecule has 0 aliphatic carbocycles. The largest absolute Gasteiger partial charge is 0.468 e. The van der Waals surface area contributed by atoms with Gasteiger partial charge in [0, 0.05) is 6.42 Å². The predicted molar refractivity (Wildman–Crippen MR) is 106 cm³/mol. The summed E-state index contributed by atoms with van der Waals surface area (Å²) in [6.07, 6.45) is 3.87. The van der Waals surface area contributed by atoms with Crippen LogP contribution in [-0.2, 0) is 4.79 Å². The van der Waals surface area contributed by atoms with Gasteiger partial charge in [-0.05, 0) is 43.7 Å². The fourth-order valence-corrected chi connectivity index (χ4v) is 3.32. The van der Waals surface area contributed by atoms with E-state index in [-0.39, 0.29) is 24.5 Å². The van der Waals surface area contributed by atoms with Crippen molar-refractivity contribution in [1.29, 1.82) is 0 Å². The number of benzene rings is 1. The van der Waals surface area contributed by atoms with Crippen molar-refractivity contribution in [3.8, 4) is 0 Å². The molecule has 2 aromatic heterocycles. The van der Waals surface area contributed by atoms with Gasteiger partial charge in [-0.3, -0.25) is 10.1 Å². The summed E-state index contributed by atoms with van der Waals surface area (Å²) in [6, 6.07) is 15.3. The van der Waals surface area contributed by atoms with Crippen LogP contribution >= 0.6 is 0 Å². The van der Waals surface area contributed by atoms with Crippen molar-refractivity contribution in [1.82, 2.24) is 10.3 Å². The van der Waals surface area contributed by atoms with Crippen molar-refractivity contribution in [3.05, 3.63) is 83.7 Å². The van der Waals surface area contributed by atoms with Gasteiger partial charge in [0.05, 0.1) is 30.8 Å². The van der Waals surface area contributed by atoms with E-state index in [0.29, 0.717) is 6.42 Å². The lowest BCUT2D eigenvalue weighted by Crippen LogP contribution is -2.36. The van der Waals surface area contributed by atoms with Crippen LogP contribution in [0, 0.1) is 6.92 Å². The summed E-state index contributed by atoms with van der Waals surface area (Å²) in [5, 5.41) is 9.39. The third-order valence-electron chi connectivity index (χ3n) is 4.95. The first-order chi connectivity index (χ1) is 13.6. The lowest BCUT2D eigenvalue weighted by molar-refractivity contribution is -0.132. The molecular weight excluding hydrogens is 354 g/mol. The first kappa shape index (κ1) is 18.3. The minimum Gasteiger partial charge on any atom is -0.468 e. The minimum absolute atomic E-state index is 0.0656. The zero-order chi connectivity index (χ0) is 19.5. The van der Waals surface area contributed by atoms with Gasteiger partial charge < -0.3 is 8.83 Å². The van der Waals surface area contributed by atoms with Crippen LogP contribution in [0.3, 0.4) is 0 Å². The second-order valence-corrected chi connectivity index (χ2v) is 7.00. The Morgan fingerprint density at radius 2 is 1.93 bits per heavy atom. The second-order valence-electron chi connectivity index (χ2n) is 7.00. The number of nitrogens with zero attached hydrogens (tertiary/aromatic N) is 2. The van der Waals surface area contributed by atoms with E-state index in [0.717, 1.165) is 22.8 Å². The van der Waals surface area contributed by atoms with Crippen LogP contribution in [0.4, 0.5) is 0 Å². The number of hydrogen-bond acceptors (Lipinski definition) is 5. The van der Waals surface area contributed by atoms with Crippen molar-refractivity contribution >= 4 is 11.6 Å². The topological polar surface area (TPSA) is 71.0 Å². The molecular formula is C22H23N3O3. The summed E-state index contributed by atoms with van der Waals surface area (Å²) in [4.78, 5) is 12.9. The van der Waals surface area contributed by atoms with E-state index in [4.69, 9.17) is 8.83 Å². The lowest BCUT2D eigenvalue weighted by atomic mass is 10.0. The van der Waals surface area contributed by atoms with E-state index in [1.54, 1.807) is 12.5 Å². The number of hydrazone groups is 1. The fourth-order valence-electron chi connectivity index (χ4n) is 3.32. The van der Waals surface area contributed by atoms with Gasteiger partial charge in [-0.15, -0.1) is 0 Å². The van der Waals surface area contributed by atoms with E-state index >= 15 is 0 Å². The highest BCUT2D eigenvalue weighted by Gasteiger charge is 2.34. The average molecular weight is 377 g/mol. The number of nitrogens with one attached hydrogen (secondary N) is 1. The maximum atomic E-state index is 12.9. The van der Waals surface area contributed by atoms with Gasteiger partial charge in [-0.25, -0.2) is 5.01 Å². The Morgan fingerprint density at radius 3 is 2.61 bits per heavy atom. The van der Waals surface area contributed by atoms with Gasteiger partial charge in [0.25, 0.3) is 5.91 Å². The van der Waals surface area contributed by atoms with E-state index in [1.165, 1.54) is 10.6 Å². The average Bonchev–Trinajstić information content (AvgIpc) is 3.47. The molecule has 1 amide bonds. The summed E-state index contributed by atoms with van der Waals surface area (Å²) in [5.74, 6) is 1.42. The smallest absolute Gasteiger partial charge is 0.257 e. The Balaban J connectivity index is 1.52. The SMILES string of the molecule is Cc1ccc(C2=NN(C(=O)CN[C@@H](C)c3ccco3)[C@@H](c3ccco3)C2)cc1. The Bertz CT molecular complexity index is 944. The fraction of sp³-hybridized carbons (Fsp3) is 0.273. The standard InChI is InChI=1S/C22H23N3O3/c1-15-7-9-17(10-8-15)18-13-19(21-6-4-12-28-21)25(24-18)22(26)14-23-16(2)20-5-3-11-27-20/h3-12,16,19,23H,13-14H2,1-2H3/t16-,19+/m0/s1. The van der Waals surface area contributed by atoms with Crippen molar-refractivity contribution in [2.24, 2.45) is 5.10 Å². The van der Waals surface area contributed by atoms with Crippen LogP contribution in [0.2, 0.25) is 0 Å². The number of amides is 1. The molecule has 1 aliphatic heterocycles. The maximum Gasteiger partial charge on any atom is 0.257 e. The van der Waals surface area contributed by atoms with Gasteiger partial charge in [0.2, 0.25) is 0 Å². The van der Waals surface area contributed by atoms with Crippen LogP contribution in [-0.4, -0.2) is 23.2 Å². The third kappa shape index (κ3) is 3.77. The monoisotopic (exact) mass is 377 g/mol. The highest BCUT2D eigenvalue weighted by molar-refractivity contribution is 6.03. The summed E-state index contributed by atoms with van der Waals surface area (Å²) in [7, 11) is 0. The summed E-state index contributed by atoms with van der Waals surface area (Å²) in [5.41, 5.74) is 3.09. The molecule has 1 N–H and O–H groups in total. The summed E-state index contributed by atoms with van der Waals surface area (Å²) in [6.45, 7) is 4.17. The molecule has 28 heavy (non-hydrogen) atoms. The van der Waals surface area contributed by atoms with E-state index < -0.39 is 0 Å². The Hall–Kier alpha value is -3.12. The molecule has 144 valence electrons. The third-order valence-corrected chi connectivity index (χ3v) is 4.95. The van der Waals surface area contributed by atoms with Gasteiger partial charge in [-0.1, -0.05) is 29.8 Å². The second kappa shape index (κ2) is 7.86. The zero-order valence-corrected chi connectivity index (χ0v) is 16.0. The lowest BCUT2D eigenvalue weighted by Gasteiger charge is -2.21. The molecule has 2 atom stereocenters. The van der Waals surface area contributed by atoms with Gasteiger partial charge in [0.15, 0.2) is 0 Å². The maximum absolute atomic E-state index is 12.9. The Labute approximate surface area is 163 Å². The molecule has 0 fully saturated rings. The number of carbonyl (C=O) groups excluding carboxylic acids is 1. The van der Waals surface area contributed by atoms with Crippen LogP contribution in [0.15, 0.2) is 75.0 Å². The summed E-state index contributed by atoms with van der Waals surface area (Å²) >= 11 is 0. The normalized spacial score (nSPS) is 17.6. The van der Waals surface area contributed by atoms with Crippen molar-refractivity contribution < 1.29 is 13.6 Å². The molecule has 6 nitrogen and oxygen atoms in total. The first-order valence-corrected chi connectivity index (χ1v) is 9.38. The number of hydrogen-bond donors (Lipinski definition) is 1. The molecule has 3 heterocycles. The highest BCUT2D eigenvalue weighted by Crippen LogP contribution is 2.33. The van der Waals surface area contributed by atoms with E-state index in [9.17, 15) is 4.79 Å². The number of furan rings is 2. The molecule has 4 rings (SSSR count). The molecule has 6 heteroatoms. The molecule has 0 saturated carbocycles.